The number of hydrogen-bond acceptors (Lipinski definition) is 4. The third-order valence-electron chi connectivity index (χ3n) is 5.17. The molecule has 2 aliphatic heterocycles. The Morgan fingerprint density at radius 2 is 1.79 bits per heavy atom. The molecule has 0 spiro atoms. The molecule has 29 heavy (non-hydrogen) atoms. The van der Waals surface area contributed by atoms with Crippen molar-refractivity contribution >= 4 is 11.6 Å². The van der Waals surface area contributed by atoms with Gasteiger partial charge in [0.1, 0.15) is 5.75 Å². The van der Waals surface area contributed by atoms with Crippen LogP contribution >= 0.6 is 0 Å². The smallest absolute Gasteiger partial charge is 0.406 e. The van der Waals surface area contributed by atoms with E-state index in [-0.39, 0.29) is 11.7 Å². The fraction of sp³-hybridized carbons (Fsp3) is 0.381. The zero-order valence-electron chi connectivity index (χ0n) is 16.0. The molecule has 1 saturated heterocycles. The number of benzene rings is 2. The molecule has 1 fully saturated rings. The van der Waals surface area contributed by atoms with Crippen molar-refractivity contribution in [2.24, 2.45) is 0 Å². The Balaban J connectivity index is 1.48. The van der Waals surface area contributed by atoms with Crippen LogP contribution in [0.5, 0.6) is 5.75 Å². The van der Waals surface area contributed by atoms with Gasteiger partial charge in [-0.1, -0.05) is 12.1 Å². The number of hydrogen-bond donors (Lipinski definition) is 0. The number of nitrogens with zero attached hydrogens (tertiary/aromatic N) is 2. The van der Waals surface area contributed by atoms with Gasteiger partial charge in [-0.25, -0.2) is 0 Å². The van der Waals surface area contributed by atoms with Crippen LogP contribution in [0.25, 0.3) is 0 Å². The normalized spacial score (nSPS) is 16.9. The molecule has 0 unspecified atom stereocenters. The third kappa shape index (κ3) is 4.32. The Hall–Kier alpha value is -2.74. The molecule has 0 aliphatic carbocycles. The molecular weight excluding hydrogens is 385 g/mol. The lowest BCUT2D eigenvalue weighted by Gasteiger charge is -2.29. The van der Waals surface area contributed by atoms with Gasteiger partial charge in [0.15, 0.2) is 0 Å². The van der Waals surface area contributed by atoms with Gasteiger partial charge in [0.25, 0.3) is 5.91 Å². The zero-order valence-corrected chi connectivity index (χ0v) is 16.0. The van der Waals surface area contributed by atoms with Crippen LogP contribution in [-0.2, 0) is 17.8 Å². The van der Waals surface area contributed by atoms with Crippen molar-refractivity contribution in [3.05, 3.63) is 58.7 Å². The summed E-state index contributed by atoms with van der Waals surface area (Å²) >= 11 is 0. The summed E-state index contributed by atoms with van der Waals surface area (Å²) in [7, 11) is 0. The van der Waals surface area contributed by atoms with E-state index in [1.54, 1.807) is 17.0 Å². The molecule has 0 saturated carbocycles. The van der Waals surface area contributed by atoms with E-state index in [2.05, 4.69) is 15.7 Å². The number of carbonyl (C=O) groups is 1. The number of aryl methyl sites for hydroxylation is 1. The maximum absolute atomic E-state index is 12.9. The first-order chi connectivity index (χ1) is 13.8. The molecule has 1 amide bonds. The topological polar surface area (TPSA) is 42.0 Å². The fourth-order valence-corrected chi connectivity index (χ4v) is 3.85. The second-order valence-electron chi connectivity index (χ2n) is 7.25. The van der Waals surface area contributed by atoms with Crippen LogP contribution < -0.4 is 9.64 Å². The summed E-state index contributed by atoms with van der Waals surface area (Å²) in [6, 6.07) is 9.71. The Bertz CT molecular complexity index is 907. The fourth-order valence-electron chi connectivity index (χ4n) is 3.85. The summed E-state index contributed by atoms with van der Waals surface area (Å²) in [6.45, 7) is 5.77. The number of halogens is 3. The maximum atomic E-state index is 12.9. The number of carbonyl (C=O) groups excluding carboxylic acids is 1. The predicted molar refractivity (Wildman–Crippen MR) is 101 cm³/mol. The molecule has 2 aromatic carbocycles. The van der Waals surface area contributed by atoms with E-state index < -0.39 is 6.36 Å². The van der Waals surface area contributed by atoms with Crippen LogP contribution in [-0.4, -0.2) is 43.5 Å². The highest BCUT2D eigenvalue weighted by Crippen LogP contribution is 2.32. The number of anilines is 1. The monoisotopic (exact) mass is 406 g/mol. The SMILES string of the molecule is Cc1cc(N2CCOCC2)cc2c1C(=O)N(Cc1ccc(OC(F)(F)F)cc1)C2. The van der Waals surface area contributed by atoms with E-state index in [9.17, 15) is 18.0 Å². The summed E-state index contributed by atoms with van der Waals surface area (Å²) in [4.78, 5) is 16.8. The molecule has 0 N–H and O–H groups in total. The molecule has 4 rings (SSSR count). The van der Waals surface area contributed by atoms with Gasteiger partial charge < -0.3 is 19.3 Å². The number of rotatable bonds is 4. The standard InChI is InChI=1S/C21H21F3N2O3/c1-14-10-17(25-6-8-28-9-7-25)11-16-13-26(20(27)19(14)16)12-15-2-4-18(5-3-15)29-21(22,23)24/h2-5,10-11H,6-9,12-13H2,1H3. The van der Waals surface area contributed by atoms with Crippen molar-refractivity contribution in [3.8, 4) is 5.75 Å². The third-order valence-corrected chi connectivity index (χ3v) is 5.17. The molecule has 2 aliphatic rings. The van der Waals surface area contributed by atoms with Gasteiger partial charge in [-0.2, -0.15) is 0 Å². The van der Waals surface area contributed by atoms with E-state index in [1.807, 2.05) is 13.0 Å². The van der Waals surface area contributed by atoms with Crippen molar-refractivity contribution < 1.29 is 27.4 Å². The van der Waals surface area contributed by atoms with Gasteiger partial charge in [-0.3, -0.25) is 4.79 Å². The molecule has 2 aromatic rings. The van der Waals surface area contributed by atoms with Crippen LogP contribution in [0.15, 0.2) is 36.4 Å². The van der Waals surface area contributed by atoms with Crippen LogP contribution in [0, 0.1) is 6.92 Å². The molecule has 8 heteroatoms. The number of ether oxygens (including phenoxy) is 2. The highest BCUT2D eigenvalue weighted by Gasteiger charge is 2.32. The van der Waals surface area contributed by atoms with Crippen LogP contribution in [0.3, 0.4) is 0 Å². The van der Waals surface area contributed by atoms with Crippen molar-refractivity contribution in [1.29, 1.82) is 0 Å². The molecule has 0 bridgehead atoms. The van der Waals surface area contributed by atoms with E-state index in [4.69, 9.17) is 4.74 Å². The Kier molecular flexibility index (Phi) is 5.12. The largest absolute Gasteiger partial charge is 0.573 e. The summed E-state index contributed by atoms with van der Waals surface area (Å²) in [5.74, 6) is -0.329. The highest BCUT2D eigenvalue weighted by atomic mass is 19.4. The lowest BCUT2D eigenvalue weighted by Crippen LogP contribution is -2.36. The summed E-state index contributed by atoms with van der Waals surface area (Å²) in [6.07, 6.45) is -4.72. The molecule has 5 nitrogen and oxygen atoms in total. The number of amides is 1. The maximum Gasteiger partial charge on any atom is 0.573 e. The van der Waals surface area contributed by atoms with Crippen molar-refractivity contribution in [1.82, 2.24) is 4.90 Å². The minimum absolute atomic E-state index is 0.0540. The first-order valence-electron chi connectivity index (χ1n) is 9.40. The van der Waals surface area contributed by atoms with Gasteiger partial charge in [0.2, 0.25) is 0 Å². The van der Waals surface area contributed by atoms with Crippen LogP contribution in [0.4, 0.5) is 18.9 Å². The van der Waals surface area contributed by atoms with E-state index >= 15 is 0 Å². The predicted octanol–water partition coefficient (Wildman–Crippen LogP) is 3.89. The number of alkyl halides is 3. The molecule has 0 atom stereocenters. The average Bonchev–Trinajstić information content (AvgIpc) is 2.99. The first-order valence-corrected chi connectivity index (χ1v) is 9.40. The minimum atomic E-state index is -4.72. The zero-order chi connectivity index (χ0) is 20.6. The lowest BCUT2D eigenvalue weighted by atomic mass is 10.0. The van der Waals surface area contributed by atoms with Crippen molar-refractivity contribution in [2.75, 3.05) is 31.2 Å². The molecular formula is C21H21F3N2O3. The first kappa shape index (κ1) is 19.6. The summed E-state index contributed by atoms with van der Waals surface area (Å²) < 4.78 is 46.2. The minimum Gasteiger partial charge on any atom is -0.406 e. The summed E-state index contributed by atoms with van der Waals surface area (Å²) in [5.41, 5.74) is 4.47. The van der Waals surface area contributed by atoms with Gasteiger partial charge in [-0.15, -0.1) is 13.2 Å². The van der Waals surface area contributed by atoms with Gasteiger partial charge in [0.05, 0.1) is 13.2 Å². The lowest BCUT2D eigenvalue weighted by molar-refractivity contribution is -0.274. The number of morpholine rings is 1. The molecule has 0 aromatic heterocycles. The second-order valence-corrected chi connectivity index (χ2v) is 7.25. The van der Waals surface area contributed by atoms with Crippen molar-refractivity contribution in [2.45, 2.75) is 26.4 Å². The van der Waals surface area contributed by atoms with E-state index in [0.29, 0.717) is 26.3 Å². The molecule has 2 heterocycles. The highest BCUT2D eigenvalue weighted by molar-refractivity contribution is 6.00. The van der Waals surface area contributed by atoms with E-state index in [0.717, 1.165) is 41.0 Å². The van der Waals surface area contributed by atoms with Crippen LogP contribution in [0.1, 0.15) is 27.0 Å². The Morgan fingerprint density at radius 1 is 1.10 bits per heavy atom. The molecule has 154 valence electrons. The summed E-state index contributed by atoms with van der Waals surface area (Å²) in [5, 5.41) is 0. The average molecular weight is 406 g/mol. The van der Waals surface area contributed by atoms with Crippen molar-refractivity contribution in [3.63, 3.8) is 0 Å². The number of fused-ring (bicyclic) bond motifs is 1. The Morgan fingerprint density at radius 3 is 2.45 bits per heavy atom. The van der Waals surface area contributed by atoms with Gasteiger partial charge >= 0.3 is 6.36 Å². The second kappa shape index (κ2) is 7.59. The van der Waals surface area contributed by atoms with Crippen LogP contribution in [0.2, 0.25) is 0 Å². The van der Waals surface area contributed by atoms with Gasteiger partial charge in [-0.05, 0) is 47.9 Å². The van der Waals surface area contributed by atoms with Gasteiger partial charge in [0, 0.05) is 37.4 Å². The van der Waals surface area contributed by atoms with E-state index in [1.165, 1.54) is 12.1 Å². The Labute approximate surface area is 166 Å². The molecule has 0 radical (unpaired) electrons. The quantitative estimate of drug-likeness (QED) is 0.773.